The first kappa shape index (κ1) is 83.6. The Bertz CT molecular complexity index is 4460. The minimum Gasteiger partial charge on any atom is -0.480 e. The maximum absolute atomic E-state index is 15.2. The van der Waals surface area contributed by atoms with Gasteiger partial charge in [-0.05, 0) is 95.7 Å². The molecule has 34 heteroatoms. The van der Waals surface area contributed by atoms with Crippen LogP contribution in [0.4, 0.5) is 0 Å². The fourth-order valence-corrected chi connectivity index (χ4v) is 15.2. The number of hydrogen-bond donors (Lipinski definition) is 6. The lowest BCUT2D eigenvalue weighted by molar-refractivity contribution is -0.160. The molecule has 5 heterocycles. The van der Waals surface area contributed by atoms with Gasteiger partial charge in [0, 0.05) is 52.5 Å². The highest BCUT2D eigenvalue weighted by Crippen LogP contribution is 2.34. The van der Waals surface area contributed by atoms with E-state index in [2.05, 4.69) is 61.8 Å². The molecule has 580 valence electrons. The molecular weight excluding hydrogens is 1440 g/mol. The molecule has 2 fully saturated rings. The normalized spacial score (nSPS) is 21.5. The number of carboxylic acids is 1. The number of hydrogen-bond acceptors (Lipinski definition) is 23. The van der Waals surface area contributed by atoms with Crippen molar-refractivity contribution in [3.63, 3.8) is 0 Å². The zero-order valence-corrected chi connectivity index (χ0v) is 64.8. The molecule has 2 saturated heterocycles. The lowest BCUT2D eigenvalue weighted by atomic mass is 9.97. The molecule has 9 rings (SSSR count). The van der Waals surface area contributed by atoms with E-state index in [0.717, 1.165) is 78.2 Å². The Labute approximate surface area is 639 Å². The third kappa shape index (κ3) is 20.6. The highest BCUT2D eigenvalue weighted by atomic mass is 32.2. The van der Waals surface area contributed by atoms with Crippen LogP contribution in [0, 0.1) is 17.8 Å². The molecule has 9 amide bonds. The molecule has 3 aromatic heterocycles. The van der Waals surface area contributed by atoms with Crippen molar-refractivity contribution in [2.75, 3.05) is 53.4 Å². The highest BCUT2D eigenvalue weighted by Gasteiger charge is 2.46. The van der Waals surface area contributed by atoms with Crippen LogP contribution in [-0.2, 0) is 64.0 Å². The van der Waals surface area contributed by atoms with Crippen LogP contribution in [0.15, 0.2) is 109 Å². The Balaban J connectivity index is 0.000000387. The fourth-order valence-electron chi connectivity index (χ4n) is 12.7. The van der Waals surface area contributed by atoms with Gasteiger partial charge in [0.2, 0.25) is 41.4 Å². The number of aromatic amines is 1. The lowest BCUT2D eigenvalue weighted by Gasteiger charge is -2.40. The number of carbonyl (C=O) groups excluding carboxylic acids is 11. The first-order chi connectivity index (χ1) is 51.9. The van der Waals surface area contributed by atoms with Gasteiger partial charge < -0.3 is 60.3 Å². The summed E-state index contributed by atoms with van der Waals surface area (Å²) in [5.74, 6) is -11.1. The van der Waals surface area contributed by atoms with E-state index >= 15 is 9.59 Å². The van der Waals surface area contributed by atoms with Gasteiger partial charge in [-0.2, -0.15) is 0 Å². The number of tetrazole rings is 1. The molecule has 2 aliphatic heterocycles. The number of rotatable bonds is 17. The van der Waals surface area contributed by atoms with Gasteiger partial charge in [-0.1, -0.05) is 128 Å². The summed E-state index contributed by atoms with van der Waals surface area (Å²) in [6, 6.07) is 16.5. The minimum atomic E-state index is -1.66. The molecule has 10 atom stereocenters. The average molecular weight is 1540 g/mol. The summed E-state index contributed by atoms with van der Waals surface area (Å²) >= 11 is 2.16. The SMILES string of the molecule is CCCCC(=O)N(Cc1ccc(-c2ccccc2-c2nnn[nH]2)cc1)[C@H](C(=O)O)C(C)C.CSC1SCC2C(=O)N(C)[C@@H](C(C)C)C(=O)OC[C@@H](NC(=O)c3cnc4ccccc4n3)C(=O)N[C@@H](C)C(=O)N(C)C1C(=O)N(C)[C@@H](C(C)C)C(=O)OC[C@@H](NC(=O)c1cnc3ccccc3n1)C(=O)N[C@@H](C)C(=O)N2C. The Morgan fingerprint density at radius 1 is 0.633 bits per heavy atom. The second kappa shape index (κ2) is 38.2. The number of ether oxygens (including phenoxy) is 2. The number of likely N-dealkylation sites (N-methyl/N-ethyl adjacent to an activating group) is 4. The molecule has 7 aromatic rings. The maximum Gasteiger partial charge on any atom is 0.329 e. The predicted octanol–water partition coefficient (Wildman–Crippen LogP) is 4.80. The predicted molar refractivity (Wildman–Crippen MR) is 406 cm³/mol. The molecule has 0 aliphatic carbocycles. The molecule has 0 spiro atoms. The van der Waals surface area contributed by atoms with Crippen LogP contribution in [0.3, 0.4) is 0 Å². The van der Waals surface area contributed by atoms with Crippen LogP contribution in [0.5, 0.6) is 0 Å². The average Bonchev–Trinajstić information content (AvgIpc) is 1.64. The van der Waals surface area contributed by atoms with Gasteiger partial charge in [0.1, 0.15) is 79.0 Å². The zero-order chi connectivity index (χ0) is 79.7. The minimum absolute atomic E-state index is 0.125. The van der Waals surface area contributed by atoms with Crippen molar-refractivity contribution in [3.8, 4) is 22.5 Å². The van der Waals surface area contributed by atoms with E-state index in [9.17, 15) is 53.1 Å². The summed E-state index contributed by atoms with van der Waals surface area (Å²) in [5, 5.41) is 34.1. The van der Waals surface area contributed by atoms with Gasteiger partial charge in [-0.3, -0.25) is 53.1 Å². The van der Waals surface area contributed by atoms with Crippen molar-refractivity contribution < 1.29 is 72.1 Å². The number of carboxylic acid groups (broad SMARTS) is 1. The van der Waals surface area contributed by atoms with E-state index in [1.807, 2.05) is 69.3 Å². The van der Waals surface area contributed by atoms with Gasteiger partial charge >= 0.3 is 17.9 Å². The van der Waals surface area contributed by atoms with Crippen LogP contribution < -0.4 is 21.3 Å². The second-order valence-corrected chi connectivity index (χ2v) is 29.9. The highest BCUT2D eigenvalue weighted by molar-refractivity contribution is 8.16. The smallest absolute Gasteiger partial charge is 0.329 e. The monoisotopic (exact) mass is 1540 g/mol. The largest absolute Gasteiger partial charge is 0.480 e. The van der Waals surface area contributed by atoms with Crippen molar-refractivity contribution in [3.05, 3.63) is 126 Å². The van der Waals surface area contributed by atoms with E-state index in [1.165, 1.54) is 59.3 Å². The molecule has 2 aliphatic rings. The number of H-pyrrole nitrogens is 1. The van der Waals surface area contributed by atoms with Crippen LogP contribution in [0.25, 0.3) is 44.6 Å². The van der Waals surface area contributed by atoms with Gasteiger partial charge in [-0.25, -0.2) is 29.5 Å². The molecule has 4 aromatic carbocycles. The van der Waals surface area contributed by atoms with E-state index in [0.29, 0.717) is 34.3 Å². The lowest BCUT2D eigenvalue weighted by Crippen LogP contribution is -2.60. The van der Waals surface area contributed by atoms with Crippen LogP contribution >= 0.6 is 23.5 Å². The Morgan fingerprint density at radius 3 is 1.57 bits per heavy atom. The van der Waals surface area contributed by atoms with Gasteiger partial charge in [-0.15, -0.1) is 28.6 Å². The van der Waals surface area contributed by atoms with E-state index in [4.69, 9.17) is 9.47 Å². The zero-order valence-electron chi connectivity index (χ0n) is 63.2. The Hall–Kier alpha value is -11.0. The van der Waals surface area contributed by atoms with Crippen LogP contribution in [-0.4, -0.2) is 254 Å². The molecule has 2 bridgehead atoms. The van der Waals surface area contributed by atoms with E-state index in [-0.39, 0.29) is 35.5 Å². The number of nitrogens with one attached hydrogen (secondary N) is 5. The van der Waals surface area contributed by atoms with Gasteiger partial charge in [0.05, 0.1) is 39.0 Å². The number of esters is 2. The number of unbranched alkanes of at least 4 members (excludes halogenated alkanes) is 1. The van der Waals surface area contributed by atoms with E-state index in [1.54, 1.807) is 82.5 Å². The Morgan fingerprint density at radius 2 is 1.11 bits per heavy atom. The van der Waals surface area contributed by atoms with Crippen molar-refractivity contribution in [2.24, 2.45) is 17.8 Å². The molecule has 109 heavy (non-hydrogen) atoms. The summed E-state index contributed by atoms with van der Waals surface area (Å²) in [5.41, 5.74) is 5.09. The standard InChI is InChI=1S/C51H64N12O12S2.C24H29N5O3/c1-25(2)38-49(72)74-22-36(59-42(65)34-21-53-30-17-13-15-19-32(30)57-34)44(67)55-28(6)46(69)63(10)40-48(71)62(9)39(26(3)4)50(73)75-23-35(58-41(64)33-20-52-29-16-12-14-18-31(29)56-33)43(66)54-27(5)45(68)60(7)37(47(70)61(38)8)24-77-51(40)76-11;1-4-5-10-21(30)29(22(16(2)3)24(31)32)15-17-11-13-18(14-12-17)19-8-6-7-9-20(19)23-25-27-28-26-23/h12-21,25-28,35-40,51H,22-24H2,1-11H3,(H,54,66)(H,55,67)(H,58,64)(H,59,65);6-9,11-14,16,22H,4-5,10,15H2,1-3H3,(H,31,32)(H,25,26,27,28)/t27-,28-,35+,36+,37?,38-,39-,40?,51?;22-/m00/s1. The number of fused-ring (bicyclic) bond motifs is 6. The third-order valence-electron chi connectivity index (χ3n) is 18.6. The van der Waals surface area contributed by atoms with Crippen molar-refractivity contribution in [1.82, 2.24) is 86.3 Å². The van der Waals surface area contributed by atoms with Gasteiger partial charge in [0.25, 0.3) is 11.8 Å². The topological polar surface area (TPSA) is 414 Å². The van der Waals surface area contributed by atoms with Crippen LogP contribution in [0.1, 0.15) is 108 Å². The summed E-state index contributed by atoms with van der Waals surface area (Å²) < 4.78 is 10.5. The first-order valence-electron chi connectivity index (χ1n) is 35.5. The molecule has 0 radical (unpaired) electrons. The van der Waals surface area contributed by atoms with Crippen molar-refractivity contribution in [1.29, 1.82) is 0 Å². The number of thioether (sulfide) groups is 2. The number of amides is 9. The number of aliphatic carboxylic acids is 1. The Kier molecular flexibility index (Phi) is 29.3. The summed E-state index contributed by atoms with van der Waals surface area (Å²) in [6.07, 6.45) is 6.04. The number of cyclic esters (lactones) is 2. The van der Waals surface area contributed by atoms with Crippen molar-refractivity contribution >= 4 is 117 Å². The quantitative estimate of drug-likeness (QED) is 0.0667. The molecule has 3 unspecified atom stereocenters. The van der Waals surface area contributed by atoms with Crippen molar-refractivity contribution in [2.45, 2.75) is 147 Å². The number of carbonyl (C=O) groups is 12. The third-order valence-corrected chi connectivity index (χ3v) is 21.4. The summed E-state index contributed by atoms with van der Waals surface area (Å²) in [6.45, 7) is 13.6. The molecule has 32 nitrogen and oxygen atoms in total. The van der Waals surface area contributed by atoms with Gasteiger partial charge in [0.15, 0.2) is 5.82 Å². The maximum atomic E-state index is 15.2. The number of benzene rings is 4. The number of para-hydroxylation sites is 4. The summed E-state index contributed by atoms with van der Waals surface area (Å²) in [7, 11) is 5.32. The van der Waals surface area contributed by atoms with Crippen LogP contribution in [0.2, 0.25) is 0 Å². The van der Waals surface area contributed by atoms with E-state index < -0.39 is 149 Å². The number of aromatic nitrogens is 8. The first-order valence-corrected chi connectivity index (χ1v) is 37.9. The summed E-state index contributed by atoms with van der Waals surface area (Å²) in [4.78, 5) is 192. The number of nitrogens with zero attached hydrogens (tertiary/aromatic N) is 12. The second-order valence-electron chi connectivity index (χ2n) is 27.5. The molecule has 0 saturated carbocycles. The molecular formula is C75H93N17O15S2. The molecule has 6 N–H and O–H groups in total. The fraction of sp³-hybridized carbons (Fsp3) is 0.453.